The maximum atomic E-state index is 14.2. The lowest BCUT2D eigenvalue weighted by Gasteiger charge is -2.50. The van der Waals surface area contributed by atoms with E-state index < -0.39 is 28.8 Å². The number of hydrogen-bond donors (Lipinski definition) is 1. The van der Waals surface area contributed by atoms with Gasteiger partial charge in [-0.15, -0.1) is 0 Å². The zero-order chi connectivity index (χ0) is 26.7. The highest BCUT2D eigenvalue weighted by Gasteiger charge is 2.63. The number of ether oxygens (including phenoxy) is 2. The molecule has 37 heavy (non-hydrogen) atoms. The van der Waals surface area contributed by atoms with Crippen LogP contribution >= 0.6 is 11.6 Å². The molecule has 0 aromatic heterocycles. The molecular weight excluding hydrogens is 496 g/mol. The van der Waals surface area contributed by atoms with Crippen molar-refractivity contribution < 1.29 is 28.7 Å². The Balaban J connectivity index is 2.02. The molecule has 0 radical (unpaired) electrons. The standard InChI is InChI=1S/C28H25ClN2O6/c1-27(2)13-19-21(20(32)14-27)22(24(33)36-3)23(25(34)37-4)28(31(19)16-8-6-5-7-9-16)17-12-15(29)10-11-18(17)30-26(28)35/h5-12H,13-14H2,1-4H3,(H,30,35). The quantitative estimate of drug-likeness (QED) is 0.602. The number of fused-ring (bicyclic) bond motifs is 2. The van der Waals surface area contributed by atoms with E-state index in [1.54, 1.807) is 47.4 Å². The average molecular weight is 521 g/mol. The largest absolute Gasteiger partial charge is 0.466 e. The van der Waals surface area contributed by atoms with Crippen LogP contribution in [0.3, 0.4) is 0 Å². The van der Waals surface area contributed by atoms with Crippen LogP contribution in [0.15, 0.2) is 70.9 Å². The molecule has 2 aliphatic heterocycles. The van der Waals surface area contributed by atoms with Crippen molar-refractivity contribution in [2.45, 2.75) is 32.2 Å². The predicted molar refractivity (Wildman–Crippen MR) is 137 cm³/mol. The number of rotatable bonds is 3. The Kier molecular flexibility index (Phi) is 5.75. The SMILES string of the molecule is COC(=O)C1=C(C(=O)OC)C2(C(=O)Nc3ccc(Cl)cc32)N(c2ccccc2)C2=C1C(=O)CC(C)(C)C2. The fourth-order valence-corrected chi connectivity index (χ4v) is 5.87. The van der Waals surface area contributed by atoms with Gasteiger partial charge >= 0.3 is 11.9 Å². The molecule has 0 fully saturated rings. The number of Topliss-reactive ketones (excluding diaryl/α,β-unsaturated/α-hetero) is 1. The monoisotopic (exact) mass is 520 g/mol. The van der Waals surface area contributed by atoms with Gasteiger partial charge in [0.25, 0.3) is 5.91 Å². The van der Waals surface area contributed by atoms with E-state index >= 15 is 0 Å². The lowest BCUT2D eigenvalue weighted by Crippen LogP contribution is -2.58. The highest BCUT2D eigenvalue weighted by molar-refractivity contribution is 6.31. The molecule has 190 valence electrons. The summed E-state index contributed by atoms with van der Waals surface area (Å²) in [7, 11) is 2.32. The van der Waals surface area contributed by atoms with Gasteiger partial charge in [0.15, 0.2) is 11.3 Å². The molecule has 0 saturated heterocycles. The number of benzene rings is 2. The van der Waals surface area contributed by atoms with Gasteiger partial charge in [0.1, 0.15) is 0 Å². The van der Waals surface area contributed by atoms with E-state index in [1.807, 2.05) is 19.9 Å². The van der Waals surface area contributed by atoms with Gasteiger partial charge in [0.2, 0.25) is 0 Å². The molecule has 8 nitrogen and oxygen atoms in total. The summed E-state index contributed by atoms with van der Waals surface area (Å²) in [6, 6.07) is 13.8. The van der Waals surface area contributed by atoms with Gasteiger partial charge in [-0.05, 0) is 42.2 Å². The van der Waals surface area contributed by atoms with Crippen molar-refractivity contribution in [1.82, 2.24) is 0 Å². The Labute approximate surface area is 218 Å². The number of carbonyl (C=O) groups excluding carboxylic acids is 4. The van der Waals surface area contributed by atoms with Gasteiger partial charge in [-0.3, -0.25) is 9.59 Å². The highest BCUT2D eigenvalue weighted by atomic mass is 35.5. The summed E-state index contributed by atoms with van der Waals surface area (Å²) < 4.78 is 10.2. The fraction of sp³-hybridized carbons (Fsp3) is 0.286. The summed E-state index contributed by atoms with van der Waals surface area (Å²) in [5, 5.41) is 3.18. The Morgan fingerprint density at radius 1 is 0.973 bits per heavy atom. The van der Waals surface area contributed by atoms with E-state index in [4.69, 9.17) is 21.1 Å². The summed E-state index contributed by atoms with van der Waals surface area (Å²) in [5.74, 6) is -2.75. The number of nitrogens with zero attached hydrogens (tertiary/aromatic N) is 1. The van der Waals surface area contributed by atoms with Crippen LogP contribution in [0.5, 0.6) is 0 Å². The second-order valence-electron chi connectivity index (χ2n) is 10.0. The number of ketones is 1. The van der Waals surface area contributed by atoms with E-state index in [9.17, 15) is 19.2 Å². The van der Waals surface area contributed by atoms with Gasteiger partial charge in [0, 0.05) is 34.1 Å². The minimum atomic E-state index is -1.90. The number of allylic oxidation sites excluding steroid dienone is 1. The van der Waals surface area contributed by atoms with Crippen molar-refractivity contribution in [1.29, 1.82) is 0 Å². The molecule has 1 aliphatic carbocycles. The zero-order valence-electron chi connectivity index (χ0n) is 20.8. The summed E-state index contributed by atoms with van der Waals surface area (Å²) in [5.41, 5.74) is -1.10. The fourth-order valence-electron chi connectivity index (χ4n) is 5.70. The zero-order valence-corrected chi connectivity index (χ0v) is 21.6. The number of nitrogens with one attached hydrogen (secondary N) is 1. The number of carbonyl (C=O) groups is 4. The second kappa shape index (κ2) is 8.59. The Morgan fingerprint density at radius 3 is 2.30 bits per heavy atom. The number of halogens is 1. The molecule has 5 rings (SSSR count). The summed E-state index contributed by atoms with van der Waals surface area (Å²) in [6.07, 6.45) is 0.494. The number of methoxy groups -OCH3 is 2. The van der Waals surface area contributed by atoms with E-state index in [-0.39, 0.29) is 28.9 Å². The Morgan fingerprint density at radius 2 is 1.65 bits per heavy atom. The molecule has 3 aliphatic rings. The first-order valence-corrected chi connectivity index (χ1v) is 12.1. The van der Waals surface area contributed by atoms with Crippen LogP contribution in [-0.4, -0.2) is 37.8 Å². The Hall–Kier alpha value is -3.91. The molecule has 1 amide bonds. The topological polar surface area (TPSA) is 102 Å². The van der Waals surface area contributed by atoms with Crippen LogP contribution < -0.4 is 10.2 Å². The van der Waals surface area contributed by atoms with Gasteiger partial charge in [-0.25, -0.2) is 9.59 Å². The number of amides is 1. The molecule has 1 unspecified atom stereocenters. The second-order valence-corrected chi connectivity index (χ2v) is 10.5. The molecule has 2 aromatic carbocycles. The minimum absolute atomic E-state index is 0.0596. The number of esters is 2. The maximum absolute atomic E-state index is 14.2. The van der Waals surface area contributed by atoms with Crippen LogP contribution in [0.25, 0.3) is 0 Å². The van der Waals surface area contributed by atoms with Crippen molar-refractivity contribution in [2.75, 3.05) is 24.4 Å². The third-order valence-electron chi connectivity index (χ3n) is 7.06. The van der Waals surface area contributed by atoms with Crippen molar-refractivity contribution in [3.05, 3.63) is 81.5 Å². The molecular formula is C28H25ClN2O6. The summed E-state index contributed by atoms with van der Waals surface area (Å²) >= 11 is 6.41. The van der Waals surface area contributed by atoms with Crippen LogP contribution in [0.2, 0.25) is 5.02 Å². The summed E-state index contributed by atoms with van der Waals surface area (Å²) in [6.45, 7) is 3.89. The van der Waals surface area contributed by atoms with Crippen LogP contribution in [0.4, 0.5) is 11.4 Å². The summed E-state index contributed by atoms with van der Waals surface area (Å²) in [4.78, 5) is 56.6. The average Bonchev–Trinajstić information content (AvgIpc) is 3.13. The first kappa shape index (κ1) is 24.8. The third kappa shape index (κ3) is 3.50. The number of anilines is 2. The van der Waals surface area contributed by atoms with E-state index in [2.05, 4.69) is 5.32 Å². The smallest absolute Gasteiger partial charge is 0.339 e. The van der Waals surface area contributed by atoms with Gasteiger partial charge in [0.05, 0.1) is 30.9 Å². The van der Waals surface area contributed by atoms with Crippen LogP contribution in [-0.2, 0) is 34.2 Å². The van der Waals surface area contributed by atoms with Gasteiger partial charge < -0.3 is 19.7 Å². The molecule has 0 saturated carbocycles. The van der Waals surface area contributed by atoms with E-state index in [0.29, 0.717) is 34.1 Å². The lowest BCUT2D eigenvalue weighted by atomic mass is 9.66. The van der Waals surface area contributed by atoms with Crippen LogP contribution in [0.1, 0.15) is 32.3 Å². The van der Waals surface area contributed by atoms with Gasteiger partial charge in [-0.1, -0.05) is 43.6 Å². The van der Waals surface area contributed by atoms with Crippen molar-refractivity contribution >= 4 is 46.6 Å². The third-order valence-corrected chi connectivity index (χ3v) is 7.30. The molecule has 0 bridgehead atoms. The normalized spacial score (nSPS) is 22.0. The predicted octanol–water partition coefficient (Wildman–Crippen LogP) is 4.29. The van der Waals surface area contributed by atoms with Crippen LogP contribution in [0, 0.1) is 5.41 Å². The highest BCUT2D eigenvalue weighted by Crippen LogP contribution is 2.57. The van der Waals surface area contributed by atoms with Crippen molar-refractivity contribution in [3.8, 4) is 0 Å². The molecule has 9 heteroatoms. The molecule has 2 aromatic rings. The van der Waals surface area contributed by atoms with E-state index in [1.165, 1.54) is 0 Å². The Bertz CT molecular complexity index is 1440. The van der Waals surface area contributed by atoms with Crippen molar-refractivity contribution in [2.24, 2.45) is 5.41 Å². The van der Waals surface area contributed by atoms with Crippen molar-refractivity contribution in [3.63, 3.8) is 0 Å². The minimum Gasteiger partial charge on any atom is -0.466 e. The maximum Gasteiger partial charge on any atom is 0.339 e. The molecule has 1 N–H and O–H groups in total. The molecule has 2 heterocycles. The number of hydrogen-bond acceptors (Lipinski definition) is 7. The molecule has 1 atom stereocenters. The first-order chi connectivity index (χ1) is 17.6. The lowest BCUT2D eigenvalue weighted by molar-refractivity contribution is -0.141. The van der Waals surface area contributed by atoms with Gasteiger partial charge in [-0.2, -0.15) is 0 Å². The first-order valence-electron chi connectivity index (χ1n) is 11.7. The number of para-hydroxylation sites is 1. The van der Waals surface area contributed by atoms with E-state index in [0.717, 1.165) is 14.2 Å². The molecule has 1 spiro atoms.